The fourth-order valence-corrected chi connectivity index (χ4v) is 3.24. The third-order valence-corrected chi connectivity index (χ3v) is 4.58. The summed E-state index contributed by atoms with van der Waals surface area (Å²) < 4.78 is 5.56. The maximum Gasteiger partial charge on any atom is 0.264 e. The Bertz CT molecular complexity index is 570. The van der Waals surface area contributed by atoms with Crippen molar-refractivity contribution in [1.82, 2.24) is 4.90 Å². The summed E-state index contributed by atoms with van der Waals surface area (Å²) in [4.78, 5) is 16.2. The van der Waals surface area contributed by atoms with Gasteiger partial charge in [0, 0.05) is 13.0 Å². The lowest BCUT2D eigenvalue weighted by Gasteiger charge is -2.36. The fraction of sp³-hybridized carbons (Fsp3) is 0.562. The molecule has 1 fully saturated rings. The number of aliphatic hydroxyl groups excluding tert-OH is 1. The van der Waals surface area contributed by atoms with Gasteiger partial charge in [-0.2, -0.15) is 0 Å². The Hall–Kier alpha value is -1.35. The SMILES string of the molecule is Cc1cc(C(=O)N2CC(C)OCC2C)sc1C#CCCO. The first-order valence-electron chi connectivity index (χ1n) is 7.15. The Kier molecular flexibility index (Phi) is 5.40. The van der Waals surface area contributed by atoms with Crippen molar-refractivity contribution in [3.63, 3.8) is 0 Å². The van der Waals surface area contributed by atoms with Crippen LogP contribution in [0, 0.1) is 18.8 Å². The van der Waals surface area contributed by atoms with Crippen molar-refractivity contribution in [2.75, 3.05) is 19.8 Å². The molecule has 114 valence electrons. The number of ether oxygens (including phenoxy) is 1. The molecule has 1 aromatic heterocycles. The molecule has 1 N–H and O–H groups in total. The summed E-state index contributed by atoms with van der Waals surface area (Å²) in [6.45, 7) is 7.22. The van der Waals surface area contributed by atoms with Crippen molar-refractivity contribution in [2.24, 2.45) is 0 Å². The molecule has 0 spiro atoms. The van der Waals surface area contributed by atoms with Gasteiger partial charge in [-0.3, -0.25) is 4.79 Å². The van der Waals surface area contributed by atoms with Crippen LogP contribution in [0.2, 0.25) is 0 Å². The molecule has 0 saturated carbocycles. The van der Waals surface area contributed by atoms with Gasteiger partial charge in [0.05, 0.1) is 35.1 Å². The lowest BCUT2D eigenvalue weighted by atomic mass is 10.2. The van der Waals surface area contributed by atoms with Gasteiger partial charge in [0.15, 0.2) is 0 Å². The van der Waals surface area contributed by atoms with E-state index < -0.39 is 0 Å². The summed E-state index contributed by atoms with van der Waals surface area (Å²) in [5.41, 5.74) is 1.02. The first-order valence-corrected chi connectivity index (χ1v) is 7.97. The Balaban J connectivity index is 2.16. The Morgan fingerprint density at radius 2 is 2.33 bits per heavy atom. The second-order valence-electron chi connectivity index (χ2n) is 5.35. The highest BCUT2D eigenvalue weighted by Gasteiger charge is 2.29. The molecular weight excluding hydrogens is 286 g/mol. The van der Waals surface area contributed by atoms with Crippen molar-refractivity contribution in [3.05, 3.63) is 21.4 Å². The summed E-state index contributed by atoms with van der Waals surface area (Å²) in [7, 11) is 0. The number of carbonyl (C=O) groups is 1. The van der Waals surface area contributed by atoms with E-state index in [1.54, 1.807) is 0 Å². The minimum Gasteiger partial charge on any atom is -0.395 e. The number of hydrogen-bond acceptors (Lipinski definition) is 4. The predicted molar refractivity (Wildman–Crippen MR) is 83.5 cm³/mol. The number of rotatable bonds is 2. The van der Waals surface area contributed by atoms with E-state index >= 15 is 0 Å². The molecule has 2 rings (SSSR count). The number of morpholine rings is 1. The average Bonchev–Trinajstić information content (AvgIpc) is 2.82. The van der Waals surface area contributed by atoms with Gasteiger partial charge in [0.1, 0.15) is 0 Å². The Morgan fingerprint density at radius 3 is 3.05 bits per heavy atom. The summed E-state index contributed by atoms with van der Waals surface area (Å²) in [5.74, 6) is 5.99. The van der Waals surface area contributed by atoms with Crippen LogP contribution in [-0.4, -0.2) is 47.8 Å². The Labute approximate surface area is 129 Å². The average molecular weight is 307 g/mol. The summed E-state index contributed by atoms with van der Waals surface area (Å²) >= 11 is 1.43. The molecule has 2 heterocycles. The smallest absolute Gasteiger partial charge is 0.264 e. The van der Waals surface area contributed by atoms with E-state index in [0.29, 0.717) is 19.6 Å². The molecule has 0 aromatic carbocycles. The highest BCUT2D eigenvalue weighted by molar-refractivity contribution is 7.14. The molecule has 21 heavy (non-hydrogen) atoms. The number of amides is 1. The zero-order valence-corrected chi connectivity index (χ0v) is 13.5. The highest BCUT2D eigenvalue weighted by atomic mass is 32.1. The van der Waals surface area contributed by atoms with E-state index in [4.69, 9.17) is 9.84 Å². The summed E-state index contributed by atoms with van der Waals surface area (Å²) in [5, 5.41) is 8.76. The van der Waals surface area contributed by atoms with Crippen LogP contribution in [0.15, 0.2) is 6.07 Å². The fourth-order valence-electron chi connectivity index (χ4n) is 2.24. The van der Waals surface area contributed by atoms with Crippen LogP contribution < -0.4 is 0 Å². The monoisotopic (exact) mass is 307 g/mol. The van der Waals surface area contributed by atoms with E-state index in [0.717, 1.165) is 15.3 Å². The number of nitrogens with zero attached hydrogens (tertiary/aromatic N) is 1. The normalized spacial score (nSPS) is 21.8. The molecule has 4 nitrogen and oxygen atoms in total. The molecule has 1 aromatic rings. The van der Waals surface area contributed by atoms with Gasteiger partial charge in [-0.05, 0) is 32.4 Å². The van der Waals surface area contributed by atoms with Crippen LogP contribution in [0.25, 0.3) is 0 Å². The maximum absolute atomic E-state index is 12.6. The van der Waals surface area contributed by atoms with E-state index in [2.05, 4.69) is 11.8 Å². The van der Waals surface area contributed by atoms with Gasteiger partial charge in [-0.1, -0.05) is 11.8 Å². The first-order chi connectivity index (χ1) is 10.0. The van der Waals surface area contributed by atoms with Crippen LogP contribution in [0.3, 0.4) is 0 Å². The third kappa shape index (κ3) is 3.85. The van der Waals surface area contributed by atoms with E-state index in [1.165, 1.54) is 11.3 Å². The zero-order valence-electron chi connectivity index (χ0n) is 12.7. The quantitative estimate of drug-likeness (QED) is 0.851. The number of aryl methyl sites for hydroxylation is 1. The number of carbonyl (C=O) groups excluding carboxylic acids is 1. The molecule has 1 amide bonds. The van der Waals surface area contributed by atoms with E-state index in [1.807, 2.05) is 31.7 Å². The Morgan fingerprint density at radius 1 is 1.57 bits per heavy atom. The van der Waals surface area contributed by atoms with Crippen molar-refractivity contribution in [1.29, 1.82) is 0 Å². The van der Waals surface area contributed by atoms with E-state index in [9.17, 15) is 4.79 Å². The van der Waals surface area contributed by atoms with Crippen molar-refractivity contribution in [2.45, 2.75) is 39.3 Å². The first kappa shape index (κ1) is 16.0. The largest absolute Gasteiger partial charge is 0.395 e. The van der Waals surface area contributed by atoms with Crippen LogP contribution in [0.5, 0.6) is 0 Å². The molecule has 0 bridgehead atoms. The number of aliphatic hydroxyl groups is 1. The minimum atomic E-state index is 0.0564. The molecule has 2 atom stereocenters. The van der Waals surface area contributed by atoms with Crippen molar-refractivity contribution in [3.8, 4) is 11.8 Å². The van der Waals surface area contributed by atoms with Crippen LogP contribution >= 0.6 is 11.3 Å². The molecule has 2 unspecified atom stereocenters. The lowest BCUT2D eigenvalue weighted by molar-refractivity contribution is -0.0385. The maximum atomic E-state index is 12.6. The van der Waals surface area contributed by atoms with E-state index in [-0.39, 0.29) is 24.7 Å². The van der Waals surface area contributed by atoms with Gasteiger partial charge in [-0.25, -0.2) is 0 Å². The third-order valence-electron chi connectivity index (χ3n) is 3.44. The van der Waals surface area contributed by atoms with Crippen LogP contribution in [-0.2, 0) is 4.74 Å². The summed E-state index contributed by atoms with van der Waals surface area (Å²) in [6.07, 6.45) is 0.536. The van der Waals surface area contributed by atoms with Gasteiger partial charge < -0.3 is 14.7 Å². The predicted octanol–water partition coefficient (Wildman–Crippen LogP) is 2.04. The molecule has 1 saturated heterocycles. The molecule has 1 aliphatic heterocycles. The molecule has 1 aliphatic rings. The van der Waals surface area contributed by atoms with Crippen molar-refractivity contribution < 1.29 is 14.6 Å². The molecule has 0 radical (unpaired) electrons. The minimum absolute atomic E-state index is 0.0564. The lowest BCUT2D eigenvalue weighted by Crippen LogP contribution is -2.50. The van der Waals surface area contributed by atoms with Gasteiger partial charge in [0.25, 0.3) is 5.91 Å². The van der Waals surface area contributed by atoms with Crippen LogP contribution in [0.1, 0.15) is 40.4 Å². The van der Waals surface area contributed by atoms with Crippen LogP contribution in [0.4, 0.5) is 0 Å². The number of hydrogen-bond donors (Lipinski definition) is 1. The molecular formula is C16H21NO3S. The van der Waals surface area contributed by atoms with Gasteiger partial charge in [0.2, 0.25) is 0 Å². The zero-order chi connectivity index (χ0) is 15.4. The number of thiophene rings is 1. The molecule has 0 aliphatic carbocycles. The standard InChI is InChI=1S/C16H21NO3S/c1-11-8-15(21-14(11)6-4-5-7-18)16(19)17-9-13(3)20-10-12(17)2/h8,12-13,18H,5,7,9-10H2,1-3H3. The molecule has 5 heteroatoms. The topological polar surface area (TPSA) is 49.8 Å². The second-order valence-corrected chi connectivity index (χ2v) is 6.40. The van der Waals surface area contributed by atoms with Gasteiger partial charge in [-0.15, -0.1) is 11.3 Å². The second kappa shape index (κ2) is 7.08. The summed E-state index contributed by atoms with van der Waals surface area (Å²) in [6, 6.07) is 2.00. The highest BCUT2D eigenvalue weighted by Crippen LogP contribution is 2.24. The van der Waals surface area contributed by atoms with Crippen molar-refractivity contribution >= 4 is 17.2 Å². The van der Waals surface area contributed by atoms with Gasteiger partial charge >= 0.3 is 0 Å².